The van der Waals surface area contributed by atoms with E-state index < -0.39 is 0 Å². The van der Waals surface area contributed by atoms with Crippen molar-refractivity contribution in [3.63, 3.8) is 0 Å². The van der Waals surface area contributed by atoms with Crippen LogP contribution in [0.2, 0.25) is 0 Å². The standard InChI is InChI=1S/C75H66BN9/c1-43-49(7)73(50(8)44(2)70(43)55-37-64(58-25-13-19-31-77-58)83-65(38-55)59-26-14-20-32-78-59)76(74-51(9)45(3)71(46(4)52(74)10)56-39-66(60-27-15-21-33-79-60)84-67(40-56)61-28-16-22-34-80-61)75-53(11)47(5)72(48(6)54(75)12)57-41-68(62-29-17-23-35-81-62)85-69(42-57)63-30-18-24-36-82-63/h13-42H,1-12H3. The fourth-order valence-corrected chi connectivity index (χ4v) is 13.0. The molecule has 0 unspecified atom stereocenters. The second-order valence-corrected chi connectivity index (χ2v) is 22.5. The summed E-state index contributed by atoms with van der Waals surface area (Å²) in [4.78, 5) is 44.3. The van der Waals surface area contributed by atoms with Gasteiger partial charge in [0.05, 0.1) is 68.3 Å². The molecule has 0 N–H and O–H groups in total. The number of nitrogens with zero attached hydrogens (tertiary/aromatic N) is 9. The zero-order valence-electron chi connectivity index (χ0n) is 50.4. The minimum Gasteiger partial charge on any atom is -0.255 e. The van der Waals surface area contributed by atoms with Gasteiger partial charge in [-0.25, -0.2) is 15.0 Å². The summed E-state index contributed by atoms with van der Waals surface area (Å²) < 4.78 is 0. The molecule has 0 bridgehead atoms. The van der Waals surface area contributed by atoms with E-state index in [0.29, 0.717) is 0 Å². The zero-order valence-corrected chi connectivity index (χ0v) is 50.4. The van der Waals surface area contributed by atoms with Crippen LogP contribution in [0, 0.1) is 83.1 Å². The highest BCUT2D eigenvalue weighted by Gasteiger charge is 2.36. The van der Waals surface area contributed by atoms with E-state index in [4.69, 9.17) is 44.9 Å². The first-order valence-corrected chi connectivity index (χ1v) is 29.0. The van der Waals surface area contributed by atoms with E-state index in [2.05, 4.69) is 119 Å². The van der Waals surface area contributed by atoms with Crippen molar-refractivity contribution in [3.8, 4) is 102 Å². The first-order valence-electron chi connectivity index (χ1n) is 29.0. The first kappa shape index (κ1) is 55.6. The van der Waals surface area contributed by atoms with E-state index >= 15 is 0 Å². The molecule has 0 aliphatic carbocycles. The molecule has 12 aromatic rings. The Morgan fingerprint density at radius 3 is 0.541 bits per heavy atom. The Morgan fingerprint density at radius 2 is 0.388 bits per heavy atom. The lowest BCUT2D eigenvalue weighted by molar-refractivity contribution is 1.21. The highest BCUT2D eigenvalue weighted by molar-refractivity contribution is 6.97. The zero-order chi connectivity index (χ0) is 59.2. The predicted molar refractivity (Wildman–Crippen MR) is 350 cm³/mol. The summed E-state index contributed by atoms with van der Waals surface area (Å²) >= 11 is 0. The van der Waals surface area contributed by atoms with Gasteiger partial charge in [-0.1, -0.05) is 86.2 Å². The molecular weight excluding hydrogens is 1040 g/mol. The molecule has 9 heterocycles. The maximum Gasteiger partial charge on any atom is 0.243 e. The van der Waals surface area contributed by atoms with E-state index in [9.17, 15) is 0 Å². The highest BCUT2D eigenvalue weighted by atomic mass is 14.8. The van der Waals surface area contributed by atoms with Gasteiger partial charge in [-0.05, 0) is 259 Å². The molecule has 0 fully saturated rings. The molecule has 12 rings (SSSR count). The van der Waals surface area contributed by atoms with Crippen LogP contribution in [-0.2, 0) is 0 Å². The Kier molecular flexibility index (Phi) is 15.1. The molecule has 10 heteroatoms. The van der Waals surface area contributed by atoms with Gasteiger partial charge in [0.25, 0.3) is 0 Å². The van der Waals surface area contributed by atoms with Gasteiger partial charge in [-0.15, -0.1) is 0 Å². The van der Waals surface area contributed by atoms with Crippen LogP contribution in [0.15, 0.2) is 183 Å². The molecule has 0 spiro atoms. The van der Waals surface area contributed by atoms with Gasteiger partial charge in [0.2, 0.25) is 6.71 Å². The second-order valence-electron chi connectivity index (χ2n) is 22.5. The fourth-order valence-electron chi connectivity index (χ4n) is 13.0. The summed E-state index contributed by atoms with van der Waals surface area (Å²) in [5, 5.41) is 0. The summed E-state index contributed by atoms with van der Waals surface area (Å²) in [6, 6.07) is 49.1. The quantitative estimate of drug-likeness (QED) is 0.110. The van der Waals surface area contributed by atoms with E-state index in [1.54, 1.807) is 0 Å². The third kappa shape index (κ3) is 10.2. The number of benzene rings is 3. The third-order valence-electron chi connectivity index (χ3n) is 17.8. The van der Waals surface area contributed by atoms with Gasteiger partial charge in [0, 0.05) is 37.2 Å². The van der Waals surface area contributed by atoms with Crippen LogP contribution in [-0.4, -0.2) is 51.6 Å². The summed E-state index contributed by atoms with van der Waals surface area (Å²) in [5.41, 5.74) is 35.2. The Hall–Kier alpha value is -9.93. The van der Waals surface area contributed by atoms with E-state index in [1.165, 1.54) is 99.8 Å². The molecular formula is C75H66BN9. The minimum atomic E-state index is -0.175. The number of aromatic nitrogens is 9. The third-order valence-corrected chi connectivity index (χ3v) is 17.8. The number of hydrogen-bond acceptors (Lipinski definition) is 9. The molecule has 0 radical (unpaired) electrons. The van der Waals surface area contributed by atoms with Gasteiger partial charge in [-0.2, -0.15) is 0 Å². The minimum absolute atomic E-state index is 0.175. The fraction of sp³-hybridized carbons (Fsp3) is 0.160. The van der Waals surface area contributed by atoms with Gasteiger partial charge in [-0.3, -0.25) is 29.9 Å². The Balaban J connectivity index is 1.12. The largest absolute Gasteiger partial charge is 0.255 e. The van der Waals surface area contributed by atoms with Crippen molar-refractivity contribution >= 4 is 23.1 Å². The first-order chi connectivity index (χ1) is 41.2. The molecule has 0 saturated carbocycles. The number of pyridine rings is 9. The molecule has 9 nitrogen and oxygen atoms in total. The van der Waals surface area contributed by atoms with Gasteiger partial charge >= 0.3 is 0 Å². The van der Waals surface area contributed by atoms with Crippen molar-refractivity contribution in [3.05, 3.63) is 250 Å². The molecule has 0 aliphatic rings. The van der Waals surface area contributed by atoms with Crippen LogP contribution in [0.3, 0.4) is 0 Å². The molecule has 85 heavy (non-hydrogen) atoms. The van der Waals surface area contributed by atoms with Crippen molar-refractivity contribution in [2.75, 3.05) is 0 Å². The maximum absolute atomic E-state index is 5.19. The molecule has 414 valence electrons. The molecule has 0 amide bonds. The molecule has 3 aromatic carbocycles. The van der Waals surface area contributed by atoms with Gasteiger partial charge < -0.3 is 0 Å². The van der Waals surface area contributed by atoms with Crippen LogP contribution in [0.1, 0.15) is 66.8 Å². The summed E-state index contributed by atoms with van der Waals surface area (Å²) in [7, 11) is 0. The lowest BCUT2D eigenvalue weighted by Crippen LogP contribution is -2.58. The van der Waals surface area contributed by atoms with Crippen LogP contribution in [0.25, 0.3) is 102 Å². The molecule has 0 aliphatic heterocycles. The Labute approximate surface area is 499 Å². The normalized spacial score (nSPS) is 11.3. The summed E-state index contributed by atoms with van der Waals surface area (Å²) in [5.74, 6) is 0. The average Bonchev–Trinajstić information content (AvgIpc) is 1.75. The van der Waals surface area contributed by atoms with E-state index in [1.807, 2.05) is 146 Å². The monoisotopic (exact) mass is 1100 g/mol. The highest BCUT2D eigenvalue weighted by Crippen LogP contribution is 2.40. The topological polar surface area (TPSA) is 116 Å². The number of rotatable bonds is 12. The molecule has 0 atom stereocenters. The number of hydrogen-bond donors (Lipinski definition) is 0. The molecule has 9 aromatic heterocycles. The van der Waals surface area contributed by atoms with Crippen molar-refractivity contribution < 1.29 is 0 Å². The van der Waals surface area contributed by atoms with Crippen molar-refractivity contribution in [2.45, 2.75) is 83.1 Å². The van der Waals surface area contributed by atoms with E-state index in [-0.39, 0.29) is 6.71 Å². The Morgan fingerprint density at radius 1 is 0.212 bits per heavy atom. The smallest absolute Gasteiger partial charge is 0.243 e. The van der Waals surface area contributed by atoms with E-state index in [0.717, 1.165) is 85.0 Å². The predicted octanol–water partition coefficient (Wildman–Crippen LogP) is 15.5. The van der Waals surface area contributed by atoms with Crippen LogP contribution in [0.5, 0.6) is 0 Å². The SMILES string of the molecule is Cc1c(C)c(-c2cc(-c3ccccn3)nc(-c3ccccn3)c2)c(C)c(C)c1B(c1c(C)c(C)c(-c2cc(-c3ccccn3)nc(-c3ccccn3)c2)c(C)c1C)c1c(C)c(C)c(-c2cc(-c3ccccn3)nc(-c3ccccn3)c2)c(C)c1C. The Bertz CT molecular complexity index is 3800. The second kappa shape index (κ2) is 23.0. The summed E-state index contributed by atoms with van der Waals surface area (Å²) in [6.45, 7) is 27.7. The van der Waals surface area contributed by atoms with Crippen LogP contribution < -0.4 is 16.4 Å². The van der Waals surface area contributed by atoms with Gasteiger partial charge in [0.1, 0.15) is 0 Å². The van der Waals surface area contributed by atoms with Crippen molar-refractivity contribution in [2.24, 2.45) is 0 Å². The average molecular weight is 1100 g/mol. The lowest BCUT2D eigenvalue weighted by Gasteiger charge is -2.33. The summed E-state index contributed by atoms with van der Waals surface area (Å²) in [6.07, 6.45) is 11.0. The van der Waals surface area contributed by atoms with Crippen molar-refractivity contribution in [1.82, 2.24) is 44.9 Å². The van der Waals surface area contributed by atoms with Crippen LogP contribution >= 0.6 is 0 Å². The van der Waals surface area contributed by atoms with Gasteiger partial charge in [0.15, 0.2) is 0 Å². The molecule has 0 saturated heterocycles. The van der Waals surface area contributed by atoms with Crippen LogP contribution in [0.4, 0.5) is 0 Å². The maximum atomic E-state index is 5.19. The lowest BCUT2D eigenvalue weighted by atomic mass is 9.32. The van der Waals surface area contributed by atoms with Crippen molar-refractivity contribution in [1.29, 1.82) is 0 Å².